The van der Waals surface area contributed by atoms with Crippen molar-refractivity contribution in [2.24, 2.45) is 39.4 Å². The van der Waals surface area contributed by atoms with E-state index in [0.29, 0.717) is 12.3 Å². The molecule has 220 valence electrons. The van der Waals surface area contributed by atoms with Gasteiger partial charge in [-0.15, -0.1) is 0 Å². The van der Waals surface area contributed by atoms with Gasteiger partial charge in [-0.25, -0.2) is 0 Å². The summed E-state index contributed by atoms with van der Waals surface area (Å²) in [6.45, 7) is 16.4. The quantitative estimate of drug-likeness (QED) is 0.288. The zero-order chi connectivity index (χ0) is 29.2. The molecule has 0 saturated heterocycles. The predicted octanol–water partition coefficient (Wildman–Crippen LogP) is 6.58. The molecule has 0 bridgehead atoms. The molecule has 0 aromatic rings. The second-order valence-electron chi connectivity index (χ2n) is 15.0. The van der Waals surface area contributed by atoms with Gasteiger partial charge >= 0.3 is 11.9 Å². The number of aliphatic hydroxyl groups is 1. The van der Waals surface area contributed by atoms with Crippen molar-refractivity contribution in [1.29, 1.82) is 0 Å². The molecule has 0 radical (unpaired) electrons. The summed E-state index contributed by atoms with van der Waals surface area (Å²) in [5.41, 5.74) is 1.82. The van der Waals surface area contributed by atoms with Gasteiger partial charge in [0.05, 0.1) is 13.0 Å². The second kappa shape index (κ2) is 9.99. The van der Waals surface area contributed by atoms with Crippen LogP contribution in [-0.2, 0) is 23.9 Å². The Labute approximate surface area is 235 Å². The summed E-state index contributed by atoms with van der Waals surface area (Å²) in [5, 5.41) is 10.2. The summed E-state index contributed by atoms with van der Waals surface area (Å²) in [4.78, 5) is 37.6. The van der Waals surface area contributed by atoms with Gasteiger partial charge in [0.2, 0.25) is 0 Å². The van der Waals surface area contributed by atoms with Crippen molar-refractivity contribution < 1.29 is 29.0 Å². The molecule has 2 fully saturated rings. The molecular weight excluding hydrogens is 492 g/mol. The van der Waals surface area contributed by atoms with Crippen LogP contribution in [0.15, 0.2) is 11.1 Å². The Morgan fingerprint density at radius 2 is 1.64 bits per heavy atom. The number of ether oxygens (including phenoxy) is 2. The zero-order valence-electron chi connectivity index (χ0n) is 25.9. The maximum absolute atomic E-state index is 13.1. The summed E-state index contributed by atoms with van der Waals surface area (Å²) < 4.78 is 11.1. The van der Waals surface area contributed by atoms with Crippen LogP contribution in [-0.4, -0.2) is 41.6 Å². The van der Waals surface area contributed by atoms with Crippen LogP contribution in [0.5, 0.6) is 0 Å². The average Bonchev–Trinajstić information content (AvgIpc) is 3.11. The summed E-state index contributed by atoms with van der Waals surface area (Å²) in [5.74, 6) is -0.387. The van der Waals surface area contributed by atoms with E-state index in [1.165, 1.54) is 27.9 Å². The van der Waals surface area contributed by atoms with Crippen LogP contribution in [0.2, 0.25) is 0 Å². The van der Waals surface area contributed by atoms with Crippen LogP contribution < -0.4 is 0 Å². The summed E-state index contributed by atoms with van der Waals surface area (Å²) in [6.07, 6.45) is 8.70. The first-order valence-electron chi connectivity index (χ1n) is 15.2. The minimum Gasteiger partial charge on any atom is -0.469 e. The maximum atomic E-state index is 13.1. The highest BCUT2D eigenvalue weighted by molar-refractivity contribution is 5.86. The molecule has 0 heterocycles. The van der Waals surface area contributed by atoms with E-state index in [1.807, 2.05) is 0 Å². The Balaban J connectivity index is 1.66. The first-order chi connectivity index (χ1) is 17.9. The fraction of sp³-hybridized carbons (Fsp3) is 0.848. The van der Waals surface area contributed by atoms with E-state index in [9.17, 15) is 19.5 Å². The van der Waals surface area contributed by atoms with Crippen molar-refractivity contribution in [1.82, 2.24) is 0 Å². The molecular formula is C33H52O6. The van der Waals surface area contributed by atoms with Crippen molar-refractivity contribution in [2.75, 3.05) is 7.11 Å². The number of hydrogen-bond donors (Lipinski definition) is 1. The fourth-order valence-electron chi connectivity index (χ4n) is 9.99. The maximum Gasteiger partial charge on any atom is 0.308 e. The number of methoxy groups -OCH3 is 1. The Morgan fingerprint density at radius 3 is 2.23 bits per heavy atom. The number of esters is 2. The highest BCUT2D eigenvalue weighted by atomic mass is 16.5. The highest BCUT2D eigenvalue weighted by Gasteiger charge is 2.64. The van der Waals surface area contributed by atoms with Crippen LogP contribution in [0.1, 0.15) is 120 Å². The van der Waals surface area contributed by atoms with Crippen LogP contribution in [0, 0.1) is 39.4 Å². The molecule has 4 aliphatic rings. The Hall–Kier alpha value is -1.69. The topological polar surface area (TPSA) is 89.9 Å². The van der Waals surface area contributed by atoms with E-state index in [4.69, 9.17) is 9.47 Å². The number of hydrogen-bond acceptors (Lipinski definition) is 6. The number of carbonyl (C=O) groups is 3. The van der Waals surface area contributed by atoms with Gasteiger partial charge in [-0.05, 0) is 99.7 Å². The number of ketones is 1. The van der Waals surface area contributed by atoms with Crippen molar-refractivity contribution in [3.8, 4) is 0 Å². The van der Waals surface area contributed by atoms with Crippen molar-refractivity contribution in [3.05, 3.63) is 11.1 Å². The van der Waals surface area contributed by atoms with Crippen molar-refractivity contribution >= 4 is 17.7 Å². The van der Waals surface area contributed by atoms with Gasteiger partial charge in [0.1, 0.15) is 11.7 Å². The summed E-state index contributed by atoms with van der Waals surface area (Å²) >= 11 is 0. The molecule has 7 atom stereocenters. The molecule has 0 aromatic heterocycles. The van der Waals surface area contributed by atoms with E-state index >= 15 is 0 Å². The Kier molecular flexibility index (Phi) is 7.76. The fourth-order valence-corrected chi connectivity index (χ4v) is 9.99. The van der Waals surface area contributed by atoms with Crippen molar-refractivity contribution in [3.63, 3.8) is 0 Å². The van der Waals surface area contributed by atoms with Gasteiger partial charge in [0, 0.05) is 18.8 Å². The molecule has 0 aromatic carbocycles. The minimum atomic E-state index is -1.39. The predicted molar refractivity (Wildman–Crippen MR) is 151 cm³/mol. The minimum absolute atomic E-state index is 0.00261. The molecule has 1 unspecified atom stereocenters. The first-order valence-corrected chi connectivity index (χ1v) is 15.2. The number of fused-ring (bicyclic) bond motifs is 4. The molecule has 0 aliphatic heterocycles. The molecule has 4 aliphatic carbocycles. The number of carbonyl (C=O) groups excluding carboxylic acids is 3. The van der Waals surface area contributed by atoms with Gasteiger partial charge in [-0.2, -0.15) is 0 Å². The monoisotopic (exact) mass is 544 g/mol. The lowest BCUT2D eigenvalue weighted by Crippen LogP contribution is -2.56. The highest BCUT2D eigenvalue weighted by Crippen LogP contribution is 2.72. The van der Waals surface area contributed by atoms with Gasteiger partial charge < -0.3 is 14.6 Å². The SMILES string of the molecule is COC(=O)[C@H](CCC(=O)C(C)(C)O)[C@H]1CC[C@@]2(C)C3=C(CC[C@]12C)[C@@]1(C)CC[C@H](OC(C)=O)C(C)(C)C1CC3. The normalized spacial score (nSPS) is 38.3. The van der Waals surface area contributed by atoms with Crippen LogP contribution in [0.3, 0.4) is 0 Å². The molecule has 0 spiro atoms. The van der Waals surface area contributed by atoms with Crippen LogP contribution in [0.4, 0.5) is 0 Å². The number of Topliss-reactive ketones (excluding diaryl/α,β-unsaturated/α-hetero) is 1. The lowest BCUT2D eigenvalue weighted by molar-refractivity contribution is -0.167. The summed E-state index contributed by atoms with van der Waals surface area (Å²) in [7, 11) is 1.45. The second-order valence-corrected chi connectivity index (χ2v) is 15.0. The van der Waals surface area contributed by atoms with E-state index < -0.39 is 5.60 Å². The van der Waals surface area contributed by atoms with E-state index in [0.717, 1.165) is 51.4 Å². The van der Waals surface area contributed by atoms with Gasteiger partial charge in [-0.1, -0.05) is 45.8 Å². The molecule has 0 amide bonds. The van der Waals surface area contributed by atoms with Gasteiger partial charge in [0.25, 0.3) is 0 Å². The first kappa shape index (κ1) is 30.3. The third kappa shape index (κ3) is 4.71. The molecule has 6 nitrogen and oxygen atoms in total. The third-order valence-electron chi connectivity index (χ3n) is 12.4. The van der Waals surface area contributed by atoms with Crippen LogP contribution in [0.25, 0.3) is 0 Å². The third-order valence-corrected chi connectivity index (χ3v) is 12.4. The lowest BCUT2D eigenvalue weighted by Gasteiger charge is -2.62. The largest absolute Gasteiger partial charge is 0.469 e. The zero-order valence-corrected chi connectivity index (χ0v) is 25.9. The van der Waals surface area contributed by atoms with E-state index in [2.05, 4.69) is 34.6 Å². The van der Waals surface area contributed by atoms with Gasteiger partial charge in [-0.3, -0.25) is 14.4 Å². The lowest BCUT2D eigenvalue weighted by atomic mass is 9.43. The van der Waals surface area contributed by atoms with Gasteiger partial charge in [0.15, 0.2) is 5.78 Å². The summed E-state index contributed by atoms with van der Waals surface area (Å²) in [6, 6.07) is 0. The molecule has 6 heteroatoms. The Bertz CT molecular complexity index is 1050. The number of rotatable bonds is 7. The molecule has 39 heavy (non-hydrogen) atoms. The standard InChI is InChI=1S/C33H52O6/c1-20(34)39-27-16-17-31(6)23-15-19-32(7)22(21(28(36)38-9)10-13-26(35)30(4,5)37)14-18-33(32,8)24(23)11-12-25(31)29(27,2)3/h21-22,25,27,37H,10-19H2,1-9H3/t21-,22-,25?,27+,31-,32-,33+/m1/s1. The van der Waals surface area contributed by atoms with E-state index in [1.54, 1.807) is 11.1 Å². The number of allylic oxidation sites excluding steroid dienone is 2. The average molecular weight is 545 g/mol. The van der Waals surface area contributed by atoms with E-state index in [-0.39, 0.29) is 63.7 Å². The molecule has 2 saturated carbocycles. The molecule has 4 rings (SSSR count). The van der Waals surface area contributed by atoms with Crippen LogP contribution >= 0.6 is 0 Å². The smallest absolute Gasteiger partial charge is 0.308 e. The Morgan fingerprint density at radius 1 is 0.974 bits per heavy atom. The van der Waals surface area contributed by atoms with Crippen molar-refractivity contribution in [2.45, 2.75) is 131 Å². The molecule has 1 N–H and O–H groups in total.